The number of anilines is 2. The number of carbonyl (C=O) groups excluding carboxylic acids is 2. The van der Waals surface area contributed by atoms with Crippen molar-refractivity contribution in [1.29, 1.82) is 0 Å². The first-order chi connectivity index (χ1) is 14.8. The quantitative estimate of drug-likeness (QED) is 0.473. The van der Waals surface area contributed by atoms with E-state index in [9.17, 15) is 18.0 Å². The number of benzene rings is 3. The first-order valence-electron chi connectivity index (χ1n) is 9.18. The van der Waals surface area contributed by atoms with Gasteiger partial charge in [-0.15, -0.1) is 0 Å². The number of carbonyl (C=O) groups is 2. The fraction of sp³-hybridized carbons (Fsp3) is 0.0455. The molecule has 0 atom stereocenters. The minimum Gasteiger partial charge on any atom is -0.322 e. The lowest BCUT2D eigenvalue weighted by Crippen LogP contribution is -2.13. The SMILES string of the molecule is CS(=O)(=O)c1ccc2nc(NC(=O)c3ccc(NC(=O)c4ccccc4)cc3)sc2c1. The fourth-order valence-electron chi connectivity index (χ4n) is 2.86. The number of thiazole rings is 1. The van der Waals surface area contributed by atoms with Crippen LogP contribution in [0, 0.1) is 0 Å². The lowest BCUT2D eigenvalue weighted by molar-refractivity contribution is 0.102. The van der Waals surface area contributed by atoms with Gasteiger partial charge in [0.15, 0.2) is 15.0 Å². The zero-order chi connectivity index (χ0) is 22.0. The third-order valence-corrected chi connectivity index (χ3v) is 6.49. The van der Waals surface area contributed by atoms with Crippen LogP contribution in [0.1, 0.15) is 20.7 Å². The predicted octanol–water partition coefficient (Wildman–Crippen LogP) is 4.20. The molecule has 1 aromatic heterocycles. The van der Waals surface area contributed by atoms with Crippen LogP contribution in [0.25, 0.3) is 10.2 Å². The maximum Gasteiger partial charge on any atom is 0.257 e. The second-order valence-corrected chi connectivity index (χ2v) is 9.82. The minimum absolute atomic E-state index is 0.203. The number of amides is 2. The summed E-state index contributed by atoms with van der Waals surface area (Å²) in [5.41, 5.74) is 2.11. The van der Waals surface area contributed by atoms with Gasteiger partial charge in [-0.3, -0.25) is 14.9 Å². The summed E-state index contributed by atoms with van der Waals surface area (Å²) in [7, 11) is -3.32. The molecule has 7 nitrogen and oxygen atoms in total. The van der Waals surface area contributed by atoms with Crippen molar-refractivity contribution in [3.05, 3.63) is 83.9 Å². The molecule has 3 aromatic carbocycles. The molecule has 0 aliphatic carbocycles. The van der Waals surface area contributed by atoms with Gasteiger partial charge in [0.25, 0.3) is 11.8 Å². The largest absolute Gasteiger partial charge is 0.322 e. The van der Waals surface area contributed by atoms with Crippen LogP contribution in [0.4, 0.5) is 10.8 Å². The Hall–Kier alpha value is -3.56. The van der Waals surface area contributed by atoms with Gasteiger partial charge in [-0.05, 0) is 54.6 Å². The normalized spacial score (nSPS) is 11.3. The number of aromatic nitrogens is 1. The van der Waals surface area contributed by atoms with Crippen molar-refractivity contribution < 1.29 is 18.0 Å². The Balaban J connectivity index is 1.45. The van der Waals surface area contributed by atoms with E-state index >= 15 is 0 Å². The molecule has 0 aliphatic heterocycles. The first-order valence-corrected chi connectivity index (χ1v) is 11.9. The average molecular weight is 452 g/mol. The standard InChI is InChI=1S/C22H17N3O4S2/c1-31(28,29)17-11-12-18-19(13-17)30-22(24-18)25-21(27)15-7-9-16(10-8-15)23-20(26)14-5-3-2-4-6-14/h2-13H,1H3,(H,23,26)(H,24,25,27). The third kappa shape index (κ3) is 4.79. The number of fused-ring (bicyclic) bond motifs is 1. The molecule has 1 heterocycles. The van der Waals surface area contributed by atoms with Gasteiger partial charge in [0.2, 0.25) is 0 Å². The Morgan fingerprint density at radius 1 is 0.839 bits per heavy atom. The highest BCUT2D eigenvalue weighted by Gasteiger charge is 2.13. The van der Waals surface area contributed by atoms with Crippen molar-refractivity contribution in [2.24, 2.45) is 0 Å². The zero-order valence-electron chi connectivity index (χ0n) is 16.3. The summed E-state index contributed by atoms with van der Waals surface area (Å²) < 4.78 is 24.1. The molecule has 31 heavy (non-hydrogen) atoms. The van der Waals surface area contributed by atoms with Crippen LogP contribution in [0.15, 0.2) is 77.7 Å². The monoisotopic (exact) mass is 451 g/mol. The van der Waals surface area contributed by atoms with Crippen LogP contribution < -0.4 is 10.6 Å². The van der Waals surface area contributed by atoms with Gasteiger partial charge in [0, 0.05) is 23.1 Å². The smallest absolute Gasteiger partial charge is 0.257 e. The summed E-state index contributed by atoms with van der Waals surface area (Å²) in [6.07, 6.45) is 1.14. The van der Waals surface area contributed by atoms with Gasteiger partial charge < -0.3 is 5.32 Å². The van der Waals surface area contributed by atoms with Crippen molar-refractivity contribution >= 4 is 54.0 Å². The highest BCUT2D eigenvalue weighted by atomic mass is 32.2. The number of rotatable bonds is 5. The number of sulfone groups is 1. The molecule has 0 saturated heterocycles. The topological polar surface area (TPSA) is 105 Å². The Labute approximate surface area is 182 Å². The maximum absolute atomic E-state index is 12.5. The first kappa shape index (κ1) is 20.7. The summed E-state index contributed by atoms with van der Waals surface area (Å²) >= 11 is 1.20. The lowest BCUT2D eigenvalue weighted by Gasteiger charge is -2.06. The molecule has 0 saturated carbocycles. The Bertz CT molecular complexity index is 1380. The van der Waals surface area contributed by atoms with Gasteiger partial charge in [0.1, 0.15) is 0 Å². The summed E-state index contributed by atoms with van der Waals surface area (Å²) in [6, 6.07) is 20.0. The van der Waals surface area contributed by atoms with Crippen LogP contribution in [-0.4, -0.2) is 31.5 Å². The fourth-order valence-corrected chi connectivity index (χ4v) is 4.48. The second-order valence-electron chi connectivity index (χ2n) is 6.77. The molecule has 2 amide bonds. The number of hydrogen-bond acceptors (Lipinski definition) is 6. The zero-order valence-corrected chi connectivity index (χ0v) is 18.0. The van der Waals surface area contributed by atoms with Gasteiger partial charge in [-0.2, -0.15) is 0 Å². The van der Waals surface area contributed by atoms with Crippen molar-refractivity contribution in [2.45, 2.75) is 4.90 Å². The Morgan fingerprint density at radius 3 is 2.16 bits per heavy atom. The highest BCUT2D eigenvalue weighted by Crippen LogP contribution is 2.28. The number of hydrogen-bond donors (Lipinski definition) is 2. The molecule has 4 rings (SSSR count). The van der Waals surface area contributed by atoms with Crippen LogP contribution >= 0.6 is 11.3 Å². The van der Waals surface area contributed by atoms with Crippen LogP contribution in [0.2, 0.25) is 0 Å². The van der Waals surface area contributed by atoms with E-state index in [1.54, 1.807) is 60.7 Å². The van der Waals surface area contributed by atoms with Crippen LogP contribution in [0.5, 0.6) is 0 Å². The molecule has 2 N–H and O–H groups in total. The Morgan fingerprint density at radius 2 is 1.48 bits per heavy atom. The molecule has 4 aromatic rings. The molecule has 9 heteroatoms. The van der Waals surface area contributed by atoms with E-state index in [0.29, 0.717) is 32.2 Å². The van der Waals surface area contributed by atoms with Gasteiger partial charge >= 0.3 is 0 Å². The van der Waals surface area contributed by atoms with E-state index in [1.807, 2.05) is 6.07 Å². The van der Waals surface area contributed by atoms with Crippen LogP contribution in [0.3, 0.4) is 0 Å². The second kappa shape index (κ2) is 8.29. The molecule has 0 aliphatic rings. The molecule has 0 spiro atoms. The molecular formula is C22H17N3O4S2. The molecular weight excluding hydrogens is 434 g/mol. The summed E-state index contributed by atoms with van der Waals surface area (Å²) in [5, 5.41) is 5.87. The number of nitrogens with one attached hydrogen (secondary N) is 2. The predicted molar refractivity (Wildman–Crippen MR) is 122 cm³/mol. The summed E-state index contributed by atoms with van der Waals surface area (Å²) in [5.74, 6) is -0.593. The van der Waals surface area contributed by atoms with E-state index in [0.717, 1.165) is 6.26 Å². The third-order valence-electron chi connectivity index (χ3n) is 4.45. The van der Waals surface area contributed by atoms with Crippen molar-refractivity contribution in [2.75, 3.05) is 16.9 Å². The van der Waals surface area contributed by atoms with Crippen molar-refractivity contribution in [1.82, 2.24) is 4.98 Å². The summed E-state index contributed by atoms with van der Waals surface area (Å²) in [6.45, 7) is 0. The average Bonchev–Trinajstić information content (AvgIpc) is 3.15. The molecule has 0 fully saturated rings. The van der Waals surface area contributed by atoms with Crippen molar-refractivity contribution in [3.8, 4) is 0 Å². The van der Waals surface area contributed by atoms with E-state index in [-0.39, 0.29) is 16.7 Å². The van der Waals surface area contributed by atoms with E-state index < -0.39 is 9.84 Å². The van der Waals surface area contributed by atoms with E-state index in [4.69, 9.17) is 0 Å². The van der Waals surface area contributed by atoms with E-state index in [2.05, 4.69) is 15.6 Å². The summed E-state index contributed by atoms with van der Waals surface area (Å²) in [4.78, 5) is 29.3. The van der Waals surface area contributed by atoms with Gasteiger partial charge in [0.05, 0.1) is 15.1 Å². The maximum atomic E-state index is 12.5. The Kier molecular flexibility index (Phi) is 5.53. The van der Waals surface area contributed by atoms with E-state index in [1.165, 1.54) is 17.4 Å². The van der Waals surface area contributed by atoms with Crippen LogP contribution in [-0.2, 0) is 9.84 Å². The highest BCUT2D eigenvalue weighted by molar-refractivity contribution is 7.90. The molecule has 0 radical (unpaired) electrons. The number of nitrogens with zero attached hydrogens (tertiary/aromatic N) is 1. The van der Waals surface area contributed by atoms with Gasteiger partial charge in [-0.1, -0.05) is 29.5 Å². The molecule has 0 unspecified atom stereocenters. The van der Waals surface area contributed by atoms with Gasteiger partial charge in [-0.25, -0.2) is 13.4 Å². The van der Waals surface area contributed by atoms with Crippen molar-refractivity contribution in [3.63, 3.8) is 0 Å². The molecule has 156 valence electrons. The minimum atomic E-state index is -3.32. The lowest BCUT2D eigenvalue weighted by atomic mass is 10.1. The molecule has 0 bridgehead atoms.